The second-order valence-corrected chi connectivity index (χ2v) is 5.25. The van der Waals surface area contributed by atoms with Crippen LogP contribution < -0.4 is 5.73 Å². The van der Waals surface area contributed by atoms with Crippen LogP contribution in [0.3, 0.4) is 0 Å². The lowest BCUT2D eigenvalue weighted by Gasteiger charge is -2.33. The maximum absolute atomic E-state index is 12.6. The van der Waals surface area contributed by atoms with Crippen LogP contribution >= 0.6 is 11.6 Å². The molecule has 0 aromatic heterocycles. The zero-order chi connectivity index (χ0) is 14.9. The van der Waals surface area contributed by atoms with Gasteiger partial charge in [0, 0.05) is 18.7 Å². The summed E-state index contributed by atoms with van der Waals surface area (Å²) in [5, 5.41) is 0.345. The van der Waals surface area contributed by atoms with E-state index in [0.717, 1.165) is 0 Å². The number of alkyl halides is 3. The van der Waals surface area contributed by atoms with Gasteiger partial charge in [-0.05, 0) is 31.0 Å². The van der Waals surface area contributed by atoms with Crippen LogP contribution in [0, 0.1) is 5.92 Å². The maximum atomic E-state index is 12.6. The molecule has 0 saturated carbocycles. The van der Waals surface area contributed by atoms with E-state index in [2.05, 4.69) is 0 Å². The summed E-state index contributed by atoms with van der Waals surface area (Å²) in [7, 11) is 0. The summed E-state index contributed by atoms with van der Waals surface area (Å²) in [4.78, 5) is 13.6. The average molecular weight is 307 g/mol. The number of halogens is 4. The largest absolute Gasteiger partial charge is 0.398 e. The van der Waals surface area contributed by atoms with Crippen LogP contribution in [-0.4, -0.2) is 30.1 Å². The monoisotopic (exact) mass is 306 g/mol. The molecule has 0 unspecified atom stereocenters. The third-order valence-electron chi connectivity index (χ3n) is 3.49. The summed E-state index contributed by atoms with van der Waals surface area (Å²) >= 11 is 5.77. The Hall–Kier alpha value is -1.43. The first-order valence-electron chi connectivity index (χ1n) is 6.20. The van der Waals surface area contributed by atoms with Crippen molar-refractivity contribution in [3.8, 4) is 0 Å². The van der Waals surface area contributed by atoms with Crippen molar-refractivity contribution >= 4 is 23.2 Å². The van der Waals surface area contributed by atoms with Crippen molar-refractivity contribution in [1.82, 2.24) is 4.90 Å². The fourth-order valence-corrected chi connectivity index (χ4v) is 2.39. The molecular weight excluding hydrogens is 293 g/mol. The third-order valence-corrected chi connectivity index (χ3v) is 3.83. The summed E-state index contributed by atoms with van der Waals surface area (Å²) in [6.07, 6.45) is -4.30. The number of piperidine rings is 1. The summed E-state index contributed by atoms with van der Waals surface area (Å²) in [5.41, 5.74) is 6.24. The molecule has 2 rings (SSSR count). The molecule has 1 aromatic carbocycles. The minimum Gasteiger partial charge on any atom is -0.398 e. The molecule has 1 heterocycles. The predicted octanol–water partition coefficient (Wildman–Crippen LogP) is 3.34. The topological polar surface area (TPSA) is 46.3 Å². The van der Waals surface area contributed by atoms with Crippen LogP contribution in [0.5, 0.6) is 0 Å². The average Bonchev–Trinajstić information content (AvgIpc) is 2.40. The molecule has 0 radical (unpaired) electrons. The molecule has 1 aliphatic heterocycles. The molecule has 0 bridgehead atoms. The third kappa shape index (κ3) is 3.17. The van der Waals surface area contributed by atoms with Gasteiger partial charge in [-0.25, -0.2) is 0 Å². The van der Waals surface area contributed by atoms with Gasteiger partial charge in [0.15, 0.2) is 0 Å². The van der Waals surface area contributed by atoms with Crippen LogP contribution in [0.2, 0.25) is 5.02 Å². The van der Waals surface area contributed by atoms with Crippen molar-refractivity contribution in [2.24, 2.45) is 5.92 Å². The SMILES string of the molecule is Nc1cc(C(=O)N2CCC(C(F)(F)F)CC2)ccc1Cl. The lowest BCUT2D eigenvalue weighted by atomic mass is 9.96. The second-order valence-electron chi connectivity index (χ2n) is 4.84. The van der Waals surface area contributed by atoms with E-state index in [1.165, 1.54) is 23.1 Å². The number of likely N-dealkylation sites (tertiary alicyclic amines) is 1. The van der Waals surface area contributed by atoms with Gasteiger partial charge < -0.3 is 10.6 Å². The standard InChI is InChI=1S/C13H14ClF3N2O/c14-10-2-1-8(7-11(10)18)12(20)19-5-3-9(4-6-19)13(15,16)17/h1-2,7,9H,3-6,18H2. The molecule has 0 aliphatic carbocycles. The summed E-state index contributed by atoms with van der Waals surface area (Å²) in [6.45, 7) is 0.205. The second kappa shape index (κ2) is 5.52. The van der Waals surface area contributed by atoms with Gasteiger partial charge in [-0.3, -0.25) is 4.79 Å². The quantitative estimate of drug-likeness (QED) is 0.809. The van der Waals surface area contributed by atoms with Crippen LogP contribution in [0.15, 0.2) is 18.2 Å². The van der Waals surface area contributed by atoms with Gasteiger partial charge in [-0.2, -0.15) is 13.2 Å². The fraction of sp³-hybridized carbons (Fsp3) is 0.462. The van der Waals surface area contributed by atoms with Gasteiger partial charge in [0.2, 0.25) is 0 Å². The number of rotatable bonds is 1. The predicted molar refractivity (Wildman–Crippen MR) is 70.5 cm³/mol. The molecule has 1 fully saturated rings. The Morgan fingerprint density at radius 1 is 1.30 bits per heavy atom. The number of nitrogens with two attached hydrogens (primary N) is 1. The van der Waals surface area contributed by atoms with Gasteiger partial charge in [0.05, 0.1) is 16.6 Å². The van der Waals surface area contributed by atoms with Crippen molar-refractivity contribution in [2.45, 2.75) is 19.0 Å². The van der Waals surface area contributed by atoms with Crippen molar-refractivity contribution < 1.29 is 18.0 Å². The van der Waals surface area contributed by atoms with Crippen molar-refractivity contribution in [3.05, 3.63) is 28.8 Å². The minimum atomic E-state index is -4.18. The number of nitrogens with zero attached hydrogens (tertiary/aromatic N) is 1. The van der Waals surface area contributed by atoms with E-state index in [9.17, 15) is 18.0 Å². The van der Waals surface area contributed by atoms with E-state index in [1.54, 1.807) is 0 Å². The van der Waals surface area contributed by atoms with E-state index in [0.29, 0.717) is 10.6 Å². The molecule has 110 valence electrons. The van der Waals surface area contributed by atoms with Gasteiger partial charge in [-0.15, -0.1) is 0 Å². The van der Waals surface area contributed by atoms with Crippen molar-refractivity contribution in [1.29, 1.82) is 0 Å². The highest BCUT2D eigenvalue weighted by molar-refractivity contribution is 6.33. The van der Waals surface area contributed by atoms with Crippen molar-refractivity contribution in [2.75, 3.05) is 18.8 Å². The van der Waals surface area contributed by atoms with Crippen LogP contribution in [-0.2, 0) is 0 Å². The molecule has 20 heavy (non-hydrogen) atoms. The van der Waals surface area contributed by atoms with Crippen molar-refractivity contribution in [3.63, 3.8) is 0 Å². The Labute approximate surface area is 119 Å². The highest BCUT2D eigenvalue weighted by Gasteiger charge is 2.41. The van der Waals surface area contributed by atoms with E-state index in [1.807, 2.05) is 0 Å². The highest BCUT2D eigenvalue weighted by atomic mass is 35.5. The van der Waals surface area contributed by atoms with Crippen LogP contribution in [0.4, 0.5) is 18.9 Å². The number of carbonyl (C=O) groups is 1. The smallest absolute Gasteiger partial charge is 0.391 e. The molecule has 7 heteroatoms. The Balaban J connectivity index is 2.03. The molecule has 2 N–H and O–H groups in total. The van der Waals surface area contributed by atoms with Gasteiger partial charge in [0.1, 0.15) is 0 Å². The number of carbonyl (C=O) groups excluding carboxylic acids is 1. The van der Waals surface area contributed by atoms with E-state index < -0.39 is 12.1 Å². The highest BCUT2D eigenvalue weighted by Crippen LogP contribution is 2.34. The Bertz CT molecular complexity index is 511. The number of anilines is 1. The Morgan fingerprint density at radius 3 is 2.40 bits per heavy atom. The minimum absolute atomic E-state index is 0.0572. The summed E-state index contributed by atoms with van der Waals surface area (Å²) in [6, 6.07) is 4.48. The lowest BCUT2D eigenvalue weighted by molar-refractivity contribution is -0.183. The molecule has 1 aromatic rings. The number of nitrogen functional groups attached to an aromatic ring is 1. The number of hydrogen-bond acceptors (Lipinski definition) is 2. The normalized spacial score (nSPS) is 17.3. The number of hydrogen-bond donors (Lipinski definition) is 1. The lowest BCUT2D eigenvalue weighted by Crippen LogP contribution is -2.42. The molecule has 0 atom stereocenters. The molecule has 1 saturated heterocycles. The number of benzene rings is 1. The van der Waals surface area contributed by atoms with E-state index >= 15 is 0 Å². The van der Waals surface area contributed by atoms with Gasteiger partial charge in [-0.1, -0.05) is 11.6 Å². The van der Waals surface area contributed by atoms with Crippen LogP contribution in [0.1, 0.15) is 23.2 Å². The molecule has 1 amide bonds. The first kappa shape index (κ1) is 15.0. The molecule has 0 spiro atoms. The first-order chi connectivity index (χ1) is 9.29. The number of amides is 1. The van der Waals surface area contributed by atoms with E-state index in [4.69, 9.17) is 17.3 Å². The molecular formula is C13H14ClF3N2O. The van der Waals surface area contributed by atoms with Gasteiger partial charge >= 0.3 is 6.18 Å². The van der Waals surface area contributed by atoms with Gasteiger partial charge in [0.25, 0.3) is 5.91 Å². The summed E-state index contributed by atoms with van der Waals surface area (Å²) < 4.78 is 37.7. The van der Waals surface area contributed by atoms with Crippen LogP contribution in [0.25, 0.3) is 0 Å². The Kier molecular flexibility index (Phi) is 4.13. The maximum Gasteiger partial charge on any atom is 0.391 e. The summed E-state index contributed by atoms with van der Waals surface area (Å²) in [5.74, 6) is -1.63. The zero-order valence-corrected chi connectivity index (χ0v) is 11.3. The fourth-order valence-electron chi connectivity index (χ4n) is 2.27. The Morgan fingerprint density at radius 2 is 1.90 bits per heavy atom. The zero-order valence-electron chi connectivity index (χ0n) is 10.6. The van der Waals surface area contributed by atoms with E-state index in [-0.39, 0.29) is 37.5 Å². The first-order valence-corrected chi connectivity index (χ1v) is 6.58. The molecule has 3 nitrogen and oxygen atoms in total. The molecule has 1 aliphatic rings.